The second-order valence-corrected chi connectivity index (χ2v) is 5.91. The molecule has 104 valence electrons. The molecule has 3 rings (SSSR count). The van der Waals surface area contributed by atoms with E-state index in [1.54, 1.807) is 0 Å². The first-order valence-electron chi connectivity index (χ1n) is 7.54. The van der Waals surface area contributed by atoms with E-state index in [4.69, 9.17) is 5.11 Å². The molecular formula is C15H23N3O. The van der Waals surface area contributed by atoms with E-state index >= 15 is 0 Å². The van der Waals surface area contributed by atoms with Gasteiger partial charge in [0.15, 0.2) is 0 Å². The standard InChI is InChI=1S/C15H23N3O/c19-11-12-5-7-18(8-6-12)15-16-9-14(10-17-15)13-3-1-2-4-13/h9-10,12-13,19H,1-8,11H2. The molecule has 1 aliphatic heterocycles. The Bertz CT molecular complexity index is 392. The molecule has 1 aromatic rings. The van der Waals surface area contributed by atoms with E-state index in [-0.39, 0.29) is 0 Å². The number of aliphatic hydroxyl groups excluding tert-OH is 1. The number of hydrogen-bond acceptors (Lipinski definition) is 4. The SMILES string of the molecule is OCC1CCN(c2ncc(C3CCCC3)cn2)CC1. The molecule has 4 heteroatoms. The van der Waals surface area contributed by atoms with Gasteiger partial charge in [0, 0.05) is 32.1 Å². The van der Waals surface area contributed by atoms with Crippen LogP contribution in [0.15, 0.2) is 12.4 Å². The van der Waals surface area contributed by atoms with Crippen molar-refractivity contribution in [1.82, 2.24) is 9.97 Å². The van der Waals surface area contributed by atoms with Gasteiger partial charge in [-0.25, -0.2) is 9.97 Å². The summed E-state index contributed by atoms with van der Waals surface area (Å²) in [7, 11) is 0. The lowest BCUT2D eigenvalue weighted by Crippen LogP contribution is -2.35. The Labute approximate surface area is 114 Å². The van der Waals surface area contributed by atoms with Crippen LogP contribution in [-0.2, 0) is 0 Å². The van der Waals surface area contributed by atoms with E-state index in [0.717, 1.165) is 31.9 Å². The van der Waals surface area contributed by atoms with E-state index < -0.39 is 0 Å². The molecule has 2 fully saturated rings. The molecule has 0 spiro atoms. The first-order valence-corrected chi connectivity index (χ1v) is 7.54. The van der Waals surface area contributed by atoms with Crippen LogP contribution in [0, 0.1) is 5.92 Å². The molecule has 0 aromatic carbocycles. The predicted molar refractivity (Wildman–Crippen MR) is 75.3 cm³/mol. The van der Waals surface area contributed by atoms with Crippen LogP contribution in [0.2, 0.25) is 0 Å². The van der Waals surface area contributed by atoms with Crippen molar-refractivity contribution in [2.24, 2.45) is 5.92 Å². The zero-order valence-corrected chi connectivity index (χ0v) is 11.5. The second-order valence-electron chi connectivity index (χ2n) is 5.91. The van der Waals surface area contributed by atoms with E-state index in [9.17, 15) is 0 Å². The minimum Gasteiger partial charge on any atom is -0.396 e. The summed E-state index contributed by atoms with van der Waals surface area (Å²) in [6, 6.07) is 0. The van der Waals surface area contributed by atoms with Crippen molar-refractivity contribution in [3.8, 4) is 0 Å². The van der Waals surface area contributed by atoms with Gasteiger partial charge in [-0.05, 0) is 43.1 Å². The van der Waals surface area contributed by atoms with Gasteiger partial charge in [0.1, 0.15) is 0 Å². The van der Waals surface area contributed by atoms with Gasteiger partial charge < -0.3 is 10.0 Å². The molecule has 2 aliphatic rings. The minimum absolute atomic E-state index is 0.315. The van der Waals surface area contributed by atoms with Crippen molar-refractivity contribution >= 4 is 5.95 Å². The summed E-state index contributed by atoms with van der Waals surface area (Å²) >= 11 is 0. The van der Waals surface area contributed by atoms with Gasteiger partial charge in [-0.1, -0.05) is 12.8 Å². The monoisotopic (exact) mass is 261 g/mol. The Balaban J connectivity index is 1.62. The molecule has 2 heterocycles. The molecule has 4 nitrogen and oxygen atoms in total. The van der Waals surface area contributed by atoms with Crippen LogP contribution < -0.4 is 4.90 Å². The van der Waals surface area contributed by atoms with Gasteiger partial charge in [-0.3, -0.25) is 0 Å². The number of hydrogen-bond donors (Lipinski definition) is 1. The highest BCUT2D eigenvalue weighted by atomic mass is 16.3. The normalized spacial score (nSPS) is 22.1. The molecule has 1 saturated carbocycles. The summed E-state index contributed by atoms with van der Waals surface area (Å²) in [5.74, 6) is 2.02. The van der Waals surface area contributed by atoms with Gasteiger partial charge in [-0.2, -0.15) is 0 Å². The number of aromatic nitrogens is 2. The van der Waals surface area contributed by atoms with Crippen molar-refractivity contribution in [3.05, 3.63) is 18.0 Å². The molecular weight excluding hydrogens is 238 g/mol. The number of piperidine rings is 1. The second kappa shape index (κ2) is 5.87. The summed E-state index contributed by atoms with van der Waals surface area (Å²) in [4.78, 5) is 11.3. The lowest BCUT2D eigenvalue weighted by Gasteiger charge is -2.31. The van der Waals surface area contributed by atoms with Crippen LogP contribution >= 0.6 is 0 Å². The molecule has 0 unspecified atom stereocenters. The van der Waals surface area contributed by atoms with Gasteiger partial charge in [-0.15, -0.1) is 0 Å². The number of aliphatic hydroxyl groups is 1. The molecule has 0 amide bonds. The first-order chi connectivity index (χ1) is 9.36. The minimum atomic E-state index is 0.315. The summed E-state index contributed by atoms with van der Waals surface area (Å²) in [5, 5.41) is 9.16. The van der Waals surface area contributed by atoms with Crippen LogP contribution in [0.3, 0.4) is 0 Å². The third-order valence-corrected chi connectivity index (χ3v) is 4.64. The molecule has 1 aromatic heterocycles. The highest BCUT2D eigenvalue weighted by Gasteiger charge is 2.21. The van der Waals surface area contributed by atoms with Crippen LogP contribution in [0.25, 0.3) is 0 Å². The van der Waals surface area contributed by atoms with Crippen LogP contribution in [0.4, 0.5) is 5.95 Å². The third-order valence-electron chi connectivity index (χ3n) is 4.64. The summed E-state index contributed by atoms with van der Waals surface area (Å²) < 4.78 is 0. The third kappa shape index (κ3) is 2.89. The lowest BCUT2D eigenvalue weighted by molar-refractivity contribution is 0.202. The van der Waals surface area contributed by atoms with Crippen LogP contribution in [0.5, 0.6) is 0 Å². The molecule has 1 N–H and O–H groups in total. The van der Waals surface area contributed by atoms with E-state index in [1.165, 1.54) is 31.2 Å². The maximum absolute atomic E-state index is 9.16. The van der Waals surface area contributed by atoms with E-state index in [2.05, 4.69) is 14.9 Å². The Morgan fingerprint density at radius 2 is 1.68 bits per heavy atom. The fourth-order valence-electron chi connectivity index (χ4n) is 3.28. The zero-order valence-electron chi connectivity index (χ0n) is 11.5. The lowest BCUT2D eigenvalue weighted by atomic mass is 9.98. The van der Waals surface area contributed by atoms with E-state index in [0.29, 0.717) is 18.4 Å². The Morgan fingerprint density at radius 3 is 2.26 bits per heavy atom. The number of nitrogens with zero attached hydrogens (tertiary/aromatic N) is 3. The number of rotatable bonds is 3. The fourth-order valence-corrected chi connectivity index (χ4v) is 3.28. The van der Waals surface area contributed by atoms with Crippen LogP contribution in [-0.4, -0.2) is 34.8 Å². The average molecular weight is 261 g/mol. The van der Waals surface area contributed by atoms with Crippen molar-refractivity contribution < 1.29 is 5.11 Å². The van der Waals surface area contributed by atoms with Crippen molar-refractivity contribution in [1.29, 1.82) is 0 Å². The van der Waals surface area contributed by atoms with Gasteiger partial charge in [0.05, 0.1) is 0 Å². The summed E-state index contributed by atoms with van der Waals surface area (Å²) in [6.07, 6.45) is 11.4. The molecule has 0 bridgehead atoms. The predicted octanol–water partition coefficient (Wildman–Crippen LogP) is 2.34. The quantitative estimate of drug-likeness (QED) is 0.907. The average Bonchev–Trinajstić information content (AvgIpc) is 3.02. The van der Waals surface area contributed by atoms with E-state index in [1.807, 2.05) is 12.4 Å². The molecule has 0 atom stereocenters. The highest BCUT2D eigenvalue weighted by molar-refractivity contribution is 5.31. The maximum Gasteiger partial charge on any atom is 0.225 e. The molecule has 0 radical (unpaired) electrons. The van der Waals surface area contributed by atoms with Crippen molar-refractivity contribution in [2.75, 3.05) is 24.6 Å². The topological polar surface area (TPSA) is 49.2 Å². The first kappa shape index (κ1) is 12.9. The maximum atomic E-state index is 9.16. The van der Waals surface area contributed by atoms with Gasteiger partial charge >= 0.3 is 0 Å². The summed E-state index contributed by atoms with van der Waals surface area (Å²) in [6.45, 7) is 2.25. The Kier molecular flexibility index (Phi) is 3.97. The van der Waals surface area contributed by atoms with Gasteiger partial charge in [0.2, 0.25) is 5.95 Å². The van der Waals surface area contributed by atoms with Crippen molar-refractivity contribution in [2.45, 2.75) is 44.4 Å². The zero-order chi connectivity index (χ0) is 13.1. The Hall–Kier alpha value is -1.16. The molecule has 19 heavy (non-hydrogen) atoms. The number of anilines is 1. The van der Waals surface area contributed by atoms with Crippen molar-refractivity contribution in [3.63, 3.8) is 0 Å². The fraction of sp³-hybridized carbons (Fsp3) is 0.733. The highest BCUT2D eigenvalue weighted by Crippen LogP contribution is 2.33. The smallest absolute Gasteiger partial charge is 0.225 e. The summed E-state index contributed by atoms with van der Waals surface area (Å²) in [5.41, 5.74) is 1.31. The molecule has 1 saturated heterocycles. The van der Waals surface area contributed by atoms with Gasteiger partial charge in [0.25, 0.3) is 0 Å². The molecule has 1 aliphatic carbocycles. The van der Waals surface area contributed by atoms with Crippen LogP contribution in [0.1, 0.15) is 50.0 Å². The largest absolute Gasteiger partial charge is 0.396 e. The Morgan fingerprint density at radius 1 is 1.05 bits per heavy atom.